The molecule has 1 amide bonds. The Morgan fingerprint density at radius 2 is 1.69 bits per heavy atom. The predicted molar refractivity (Wildman–Crippen MR) is 101 cm³/mol. The highest BCUT2D eigenvalue weighted by molar-refractivity contribution is 5.77. The number of nitro groups is 1. The second kappa shape index (κ2) is 8.84. The van der Waals surface area contributed by atoms with Gasteiger partial charge in [-0.2, -0.15) is 0 Å². The quantitative estimate of drug-likeness (QED) is 0.430. The van der Waals surface area contributed by atoms with E-state index >= 15 is 0 Å². The van der Waals surface area contributed by atoms with Gasteiger partial charge in [0.05, 0.1) is 4.92 Å². The molecule has 0 aromatic heterocycles. The van der Waals surface area contributed by atoms with Gasteiger partial charge in [0.2, 0.25) is 0 Å². The summed E-state index contributed by atoms with van der Waals surface area (Å²) < 4.78 is 5.64. The third-order valence-electron chi connectivity index (χ3n) is 3.81. The number of nitro benzene ring substituents is 1. The maximum atomic E-state index is 11.9. The van der Waals surface area contributed by atoms with Crippen molar-refractivity contribution in [3.05, 3.63) is 63.2 Å². The predicted octanol–water partition coefficient (Wildman–Crippen LogP) is 3.13. The van der Waals surface area contributed by atoms with Gasteiger partial charge in [0.1, 0.15) is 5.75 Å². The minimum atomic E-state index is -0.443. The first kappa shape index (κ1) is 19.2. The maximum absolute atomic E-state index is 11.9. The number of non-ortho nitro benzene ring substituents is 1. The van der Waals surface area contributed by atoms with E-state index in [4.69, 9.17) is 4.74 Å². The fraction of sp³-hybridized carbons (Fsp3) is 0.316. The Morgan fingerprint density at radius 1 is 1.08 bits per heavy atom. The molecule has 0 aliphatic carbocycles. The van der Waals surface area contributed by atoms with Gasteiger partial charge in [0.25, 0.3) is 11.6 Å². The highest BCUT2D eigenvalue weighted by atomic mass is 16.6. The fourth-order valence-electron chi connectivity index (χ4n) is 2.69. The number of hydrogen-bond acceptors (Lipinski definition) is 5. The summed E-state index contributed by atoms with van der Waals surface area (Å²) in [6, 6.07) is 10.2. The largest absolute Gasteiger partial charge is 0.483 e. The molecule has 0 spiro atoms. The Kier molecular flexibility index (Phi) is 6.54. The molecule has 2 aromatic rings. The lowest BCUT2D eigenvalue weighted by molar-refractivity contribution is -0.384. The molecule has 0 bridgehead atoms. The van der Waals surface area contributed by atoms with E-state index in [-0.39, 0.29) is 18.2 Å². The van der Waals surface area contributed by atoms with Crippen LogP contribution in [0.3, 0.4) is 0 Å². The summed E-state index contributed by atoms with van der Waals surface area (Å²) in [6.45, 7) is 6.83. The average Bonchev–Trinajstić information content (AvgIpc) is 2.58. The average molecular weight is 357 g/mol. The molecular weight excluding hydrogens is 334 g/mol. The number of hydrogen-bond donors (Lipinski definition) is 2. The van der Waals surface area contributed by atoms with Crippen LogP contribution in [0.15, 0.2) is 36.4 Å². The first-order valence-corrected chi connectivity index (χ1v) is 8.32. The zero-order chi connectivity index (χ0) is 19.1. The van der Waals surface area contributed by atoms with Crippen molar-refractivity contribution >= 4 is 17.3 Å². The van der Waals surface area contributed by atoms with Crippen molar-refractivity contribution in [3.8, 4) is 5.75 Å². The zero-order valence-corrected chi connectivity index (χ0v) is 15.2. The number of rotatable bonds is 8. The molecule has 0 aliphatic rings. The van der Waals surface area contributed by atoms with Crippen LogP contribution in [0.4, 0.5) is 11.4 Å². The number of carbonyl (C=O) groups is 1. The smallest absolute Gasteiger partial charge is 0.269 e. The number of anilines is 1. The highest BCUT2D eigenvalue weighted by Gasteiger charge is 2.08. The molecule has 0 saturated heterocycles. The van der Waals surface area contributed by atoms with Crippen LogP contribution in [0.25, 0.3) is 0 Å². The van der Waals surface area contributed by atoms with Gasteiger partial charge in [-0.05, 0) is 44.0 Å². The minimum absolute atomic E-state index is 0.0394. The van der Waals surface area contributed by atoms with Crippen molar-refractivity contribution in [2.45, 2.75) is 20.8 Å². The first-order valence-electron chi connectivity index (χ1n) is 8.32. The van der Waals surface area contributed by atoms with E-state index in [0.29, 0.717) is 13.1 Å². The summed E-state index contributed by atoms with van der Waals surface area (Å²) in [5.74, 6) is 0.546. The van der Waals surface area contributed by atoms with E-state index in [1.165, 1.54) is 12.1 Å². The van der Waals surface area contributed by atoms with Crippen molar-refractivity contribution in [2.24, 2.45) is 0 Å². The Labute approximate surface area is 152 Å². The molecule has 0 aliphatic heterocycles. The van der Waals surface area contributed by atoms with E-state index in [1.807, 2.05) is 32.9 Å². The third kappa shape index (κ3) is 5.47. The van der Waals surface area contributed by atoms with Crippen molar-refractivity contribution < 1.29 is 14.5 Å². The van der Waals surface area contributed by atoms with E-state index in [2.05, 4.69) is 10.6 Å². The lowest BCUT2D eigenvalue weighted by Crippen LogP contribution is -2.32. The van der Waals surface area contributed by atoms with Crippen LogP contribution in [0.2, 0.25) is 0 Å². The molecule has 0 fully saturated rings. The Balaban J connectivity index is 1.71. The van der Waals surface area contributed by atoms with Gasteiger partial charge in [0.15, 0.2) is 6.61 Å². The van der Waals surface area contributed by atoms with Crippen molar-refractivity contribution in [2.75, 3.05) is 25.0 Å². The van der Waals surface area contributed by atoms with Crippen LogP contribution < -0.4 is 15.4 Å². The number of aryl methyl sites for hydroxylation is 3. The molecule has 0 atom stereocenters. The van der Waals surface area contributed by atoms with E-state index in [1.54, 1.807) is 12.1 Å². The Morgan fingerprint density at radius 3 is 2.27 bits per heavy atom. The number of nitrogens with zero attached hydrogens (tertiary/aromatic N) is 1. The number of nitrogens with one attached hydrogen (secondary N) is 2. The van der Waals surface area contributed by atoms with Crippen molar-refractivity contribution in [1.82, 2.24) is 5.32 Å². The summed E-state index contributed by atoms with van der Waals surface area (Å²) in [4.78, 5) is 22.1. The van der Waals surface area contributed by atoms with Gasteiger partial charge in [0, 0.05) is 30.9 Å². The van der Waals surface area contributed by atoms with Gasteiger partial charge < -0.3 is 15.4 Å². The van der Waals surface area contributed by atoms with Crippen LogP contribution in [0.1, 0.15) is 16.7 Å². The molecule has 0 saturated carbocycles. The zero-order valence-electron chi connectivity index (χ0n) is 15.2. The lowest BCUT2D eigenvalue weighted by Gasteiger charge is -2.13. The summed E-state index contributed by atoms with van der Waals surface area (Å²) >= 11 is 0. The number of ether oxygens (including phenoxy) is 1. The molecule has 2 N–H and O–H groups in total. The van der Waals surface area contributed by atoms with Gasteiger partial charge in [-0.25, -0.2) is 0 Å². The molecule has 2 aromatic carbocycles. The summed E-state index contributed by atoms with van der Waals surface area (Å²) in [5, 5.41) is 16.5. The van der Waals surface area contributed by atoms with Crippen LogP contribution in [-0.4, -0.2) is 30.5 Å². The molecule has 7 nitrogen and oxygen atoms in total. The first-order chi connectivity index (χ1) is 12.4. The molecule has 0 unspecified atom stereocenters. The normalized spacial score (nSPS) is 10.3. The van der Waals surface area contributed by atoms with E-state index in [0.717, 1.165) is 28.1 Å². The molecule has 0 radical (unpaired) electrons. The van der Waals surface area contributed by atoms with Gasteiger partial charge in [-0.3, -0.25) is 14.9 Å². The number of carbonyl (C=O) groups excluding carboxylic acids is 1. The van der Waals surface area contributed by atoms with Crippen molar-refractivity contribution in [3.63, 3.8) is 0 Å². The lowest BCUT2D eigenvalue weighted by atomic mass is 10.1. The summed E-state index contributed by atoms with van der Waals surface area (Å²) in [5.41, 5.74) is 3.98. The van der Waals surface area contributed by atoms with Crippen LogP contribution in [0.5, 0.6) is 5.75 Å². The van der Waals surface area contributed by atoms with Crippen LogP contribution in [-0.2, 0) is 4.79 Å². The number of amides is 1. The van der Waals surface area contributed by atoms with E-state index in [9.17, 15) is 14.9 Å². The van der Waals surface area contributed by atoms with Gasteiger partial charge in [-0.15, -0.1) is 0 Å². The van der Waals surface area contributed by atoms with Gasteiger partial charge >= 0.3 is 0 Å². The highest BCUT2D eigenvalue weighted by Crippen LogP contribution is 2.24. The second-order valence-electron chi connectivity index (χ2n) is 6.10. The van der Waals surface area contributed by atoms with Crippen LogP contribution >= 0.6 is 0 Å². The second-order valence-corrected chi connectivity index (χ2v) is 6.10. The summed E-state index contributed by atoms with van der Waals surface area (Å²) in [6.07, 6.45) is 0. The summed E-state index contributed by atoms with van der Waals surface area (Å²) in [7, 11) is 0. The molecule has 26 heavy (non-hydrogen) atoms. The monoisotopic (exact) mass is 357 g/mol. The Bertz CT molecular complexity index is 765. The van der Waals surface area contributed by atoms with Gasteiger partial charge in [-0.1, -0.05) is 17.7 Å². The fourth-order valence-corrected chi connectivity index (χ4v) is 2.69. The van der Waals surface area contributed by atoms with E-state index < -0.39 is 4.92 Å². The topological polar surface area (TPSA) is 93.5 Å². The molecule has 7 heteroatoms. The molecular formula is C19H23N3O4. The maximum Gasteiger partial charge on any atom is 0.269 e. The SMILES string of the molecule is Cc1cc(C)c(OCC(=O)NCCNc2ccc([N+](=O)[O-])cc2)c(C)c1. The molecule has 0 heterocycles. The Hall–Kier alpha value is -3.09. The number of benzene rings is 2. The molecule has 138 valence electrons. The van der Waals surface area contributed by atoms with Crippen molar-refractivity contribution in [1.29, 1.82) is 0 Å². The minimum Gasteiger partial charge on any atom is -0.483 e. The third-order valence-corrected chi connectivity index (χ3v) is 3.81. The molecule has 2 rings (SSSR count). The standard InChI is InChI=1S/C19H23N3O4/c1-13-10-14(2)19(15(3)11-13)26-12-18(23)21-9-8-20-16-4-6-17(7-5-16)22(24)25/h4-7,10-11,20H,8-9,12H2,1-3H3,(H,21,23). The van der Waals surface area contributed by atoms with Crippen LogP contribution in [0, 0.1) is 30.9 Å².